The molecule has 0 bridgehead atoms. The zero-order valence-electron chi connectivity index (χ0n) is 12.6. The number of thiophene rings is 1. The highest BCUT2D eigenvalue weighted by Gasteiger charge is 2.16. The normalized spacial score (nSPS) is 12.5. The molecule has 0 aliphatic carbocycles. The van der Waals surface area contributed by atoms with Gasteiger partial charge in [-0.25, -0.2) is 13.1 Å². The van der Waals surface area contributed by atoms with Gasteiger partial charge in [0.25, 0.3) is 0 Å². The average Bonchev–Trinajstić information content (AvgIpc) is 2.85. The molecule has 0 aliphatic heterocycles. The minimum atomic E-state index is -3.37. The second kappa shape index (κ2) is 8.09. The fourth-order valence-electron chi connectivity index (χ4n) is 1.54. The summed E-state index contributed by atoms with van der Waals surface area (Å²) in [7, 11) is -1.39. The summed E-state index contributed by atoms with van der Waals surface area (Å²) in [6.07, 6.45) is 0. The topological polar surface area (TPSA) is 61.4 Å². The predicted octanol–water partition coefficient (Wildman–Crippen LogP) is 1.48. The quantitative estimate of drug-likeness (QED) is 0.724. The van der Waals surface area contributed by atoms with E-state index >= 15 is 0 Å². The zero-order chi connectivity index (χ0) is 15.2. The van der Waals surface area contributed by atoms with E-state index in [-0.39, 0.29) is 0 Å². The van der Waals surface area contributed by atoms with Crippen molar-refractivity contribution in [2.75, 3.05) is 26.7 Å². The van der Waals surface area contributed by atoms with Crippen LogP contribution in [0, 0.1) is 0 Å². The number of sulfonamides is 1. The van der Waals surface area contributed by atoms with Crippen molar-refractivity contribution >= 4 is 21.4 Å². The van der Waals surface area contributed by atoms with Crippen molar-refractivity contribution in [2.24, 2.45) is 0 Å². The molecule has 0 aromatic carbocycles. The van der Waals surface area contributed by atoms with Gasteiger partial charge < -0.3 is 10.2 Å². The molecule has 20 heavy (non-hydrogen) atoms. The van der Waals surface area contributed by atoms with E-state index in [4.69, 9.17) is 0 Å². The lowest BCUT2D eigenvalue weighted by atomic mass is 10.3. The van der Waals surface area contributed by atoms with E-state index < -0.39 is 10.0 Å². The van der Waals surface area contributed by atoms with Gasteiger partial charge in [0.2, 0.25) is 10.0 Å². The molecule has 1 heterocycles. The highest BCUT2D eigenvalue weighted by molar-refractivity contribution is 7.91. The number of hydrogen-bond acceptors (Lipinski definition) is 5. The minimum absolute atomic E-state index is 0.387. The summed E-state index contributed by atoms with van der Waals surface area (Å²) < 4.78 is 27.3. The molecule has 7 heteroatoms. The Kier molecular flexibility index (Phi) is 7.11. The lowest BCUT2D eigenvalue weighted by Gasteiger charge is -2.20. The molecule has 1 aromatic rings. The monoisotopic (exact) mass is 319 g/mol. The molecule has 5 nitrogen and oxygen atoms in total. The summed E-state index contributed by atoms with van der Waals surface area (Å²) in [5.74, 6) is 0. The molecule has 0 aliphatic rings. The summed E-state index contributed by atoms with van der Waals surface area (Å²) in [4.78, 5) is 2.10. The van der Waals surface area contributed by atoms with Gasteiger partial charge in [0.1, 0.15) is 4.21 Å². The highest BCUT2D eigenvalue weighted by atomic mass is 32.2. The van der Waals surface area contributed by atoms with Crippen LogP contribution in [0.3, 0.4) is 0 Å². The molecule has 0 atom stereocenters. The van der Waals surface area contributed by atoms with Gasteiger partial charge in [0.15, 0.2) is 0 Å². The van der Waals surface area contributed by atoms with Gasteiger partial charge in [0.05, 0.1) is 0 Å². The van der Waals surface area contributed by atoms with E-state index in [9.17, 15) is 8.42 Å². The van der Waals surface area contributed by atoms with Gasteiger partial charge in [-0.1, -0.05) is 6.92 Å². The molecule has 0 radical (unpaired) electrons. The zero-order valence-corrected chi connectivity index (χ0v) is 14.3. The molecule has 0 unspecified atom stereocenters. The predicted molar refractivity (Wildman–Crippen MR) is 84.7 cm³/mol. The van der Waals surface area contributed by atoms with E-state index in [1.54, 1.807) is 6.07 Å². The molecular weight excluding hydrogens is 294 g/mol. The Hall–Kier alpha value is -0.470. The van der Waals surface area contributed by atoms with E-state index in [0.29, 0.717) is 29.9 Å². The maximum Gasteiger partial charge on any atom is 0.250 e. The van der Waals surface area contributed by atoms with Gasteiger partial charge in [-0.2, -0.15) is 0 Å². The SMILES string of the molecule is CCNCc1csc(S(=O)(=O)NCCN(C)C(C)C)c1. The largest absolute Gasteiger partial charge is 0.313 e. The number of hydrogen-bond donors (Lipinski definition) is 2. The highest BCUT2D eigenvalue weighted by Crippen LogP contribution is 2.19. The number of nitrogens with one attached hydrogen (secondary N) is 2. The number of likely N-dealkylation sites (N-methyl/N-ethyl adjacent to an activating group) is 1. The van der Waals surface area contributed by atoms with Crippen molar-refractivity contribution < 1.29 is 8.42 Å². The third-order valence-electron chi connectivity index (χ3n) is 3.11. The molecule has 0 spiro atoms. The Balaban J connectivity index is 2.53. The Morgan fingerprint density at radius 3 is 2.70 bits per heavy atom. The first-order valence-electron chi connectivity index (χ1n) is 6.85. The first-order valence-corrected chi connectivity index (χ1v) is 9.21. The summed E-state index contributed by atoms with van der Waals surface area (Å²) in [6, 6.07) is 2.15. The number of nitrogens with zero attached hydrogens (tertiary/aromatic N) is 1. The third-order valence-corrected chi connectivity index (χ3v) is 6.06. The maximum atomic E-state index is 12.1. The summed E-state index contributed by atoms with van der Waals surface area (Å²) in [5, 5.41) is 5.07. The van der Waals surface area contributed by atoms with Crippen molar-refractivity contribution in [2.45, 2.75) is 37.6 Å². The van der Waals surface area contributed by atoms with Crippen LogP contribution in [0.5, 0.6) is 0 Å². The molecule has 0 fully saturated rings. The molecule has 2 N–H and O–H groups in total. The molecule has 116 valence electrons. The summed E-state index contributed by atoms with van der Waals surface area (Å²) >= 11 is 1.27. The first-order chi connectivity index (χ1) is 9.36. The van der Waals surface area contributed by atoms with Crippen molar-refractivity contribution in [3.8, 4) is 0 Å². The van der Waals surface area contributed by atoms with Gasteiger partial charge in [-0.05, 0) is 44.4 Å². The second-order valence-electron chi connectivity index (χ2n) is 5.03. The Morgan fingerprint density at radius 1 is 1.40 bits per heavy atom. The lowest BCUT2D eigenvalue weighted by molar-refractivity contribution is 0.278. The smallest absolute Gasteiger partial charge is 0.250 e. The Morgan fingerprint density at radius 2 is 2.10 bits per heavy atom. The molecule has 0 saturated carbocycles. The Bertz CT molecular complexity index is 497. The summed E-state index contributed by atoms with van der Waals surface area (Å²) in [6.45, 7) is 8.90. The summed E-state index contributed by atoms with van der Waals surface area (Å²) in [5.41, 5.74) is 1.01. The average molecular weight is 319 g/mol. The van der Waals surface area contributed by atoms with E-state index in [1.807, 2.05) is 19.4 Å². The molecule has 0 saturated heterocycles. The van der Waals surface area contributed by atoms with Crippen molar-refractivity contribution in [3.05, 3.63) is 17.0 Å². The van der Waals surface area contributed by atoms with Gasteiger partial charge >= 0.3 is 0 Å². The number of rotatable bonds is 9. The molecular formula is C13H25N3O2S2. The van der Waals surface area contributed by atoms with Crippen LogP contribution in [0.2, 0.25) is 0 Å². The van der Waals surface area contributed by atoms with Gasteiger partial charge in [0, 0.05) is 25.7 Å². The Labute approximate surface area is 126 Å². The maximum absolute atomic E-state index is 12.1. The lowest BCUT2D eigenvalue weighted by Crippen LogP contribution is -2.35. The van der Waals surface area contributed by atoms with Crippen LogP contribution < -0.4 is 10.0 Å². The van der Waals surface area contributed by atoms with E-state index in [2.05, 4.69) is 28.8 Å². The van der Waals surface area contributed by atoms with Crippen molar-refractivity contribution in [1.29, 1.82) is 0 Å². The van der Waals surface area contributed by atoms with Crippen molar-refractivity contribution in [3.63, 3.8) is 0 Å². The van der Waals surface area contributed by atoms with Crippen LogP contribution in [0.1, 0.15) is 26.3 Å². The third kappa shape index (κ3) is 5.49. The minimum Gasteiger partial charge on any atom is -0.313 e. The van der Waals surface area contributed by atoms with Crippen LogP contribution >= 0.6 is 11.3 Å². The van der Waals surface area contributed by atoms with Crippen LogP contribution in [-0.2, 0) is 16.6 Å². The van der Waals surface area contributed by atoms with Crippen molar-refractivity contribution in [1.82, 2.24) is 14.9 Å². The first kappa shape index (κ1) is 17.6. The molecule has 1 rings (SSSR count). The van der Waals surface area contributed by atoms with Gasteiger partial charge in [-0.3, -0.25) is 0 Å². The standard InChI is InChI=1S/C13H25N3O2S2/c1-5-14-9-12-8-13(19-10-12)20(17,18)15-6-7-16(4)11(2)3/h8,10-11,14-15H,5-7,9H2,1-4H3. The van der Waals surface area contributed by atoms with E-state index in [1.165, 1.54) is 11.3 Å². The fourth-order valence-corrected chi connectivity index (χ4v) is 3.82. The second-order valence-corrected chi connectivity index (χ2v) is 7.93. The molecule has 0 amide bonds. The van der Waals surface area contributed by atoms with Crippen LogP contribution in [0.15, 0.2) is 15.7 Å². The van der Waals surface area contributed by atoms with Crippen LogP contribution in [0.4, 0.5) is 0 Å². The van der Waals surface area contributed by atoms with E-state index in [0.717, 1.165) is 12.1 Å². The molecule has 1 aromatic heterocycles. The van der Waals surface area contributed by atoms with Crippen LogP contribution in [0.25, 0.3) is 0 Å². The van der Waals surface area contributed by atoms with Crippen LogP contribution in [-0.4, -0.2) is 46.0 Å². The fraction of sp³-hybridized carbons (Fsp3) is 0.692. The van der Waals surface area contributed by atoms with Gasteiger partial charge in [-0.15, -0.1) is 11.3 Å².